The van der Waals surface area contributed by atoms with E-state index in [1.807, 2.05) is 30.3 Å². The van der Waals surface area contributed by atoms with E-state index in [0.717, 1.165) is 11.1 Å². The van der Waals surface area contributed by atoms with Gasteiger partial charge in [-0.15, -0.1) is 0 Å². The Labute approximate surface area is 199 Å². The maximum absolute atomic E-state index is 13.6. The fourth-order valence-corrected chi connectivity index (χ4v) is 5.25. The van der Waals surface area contributed by atoms with E-state index in [2.05, 4.69) is 15.4 Å². The van der Waals surface area contributed by atoms with Crippen LogP contribution in [0.3, 0.4) is 0 Å². The number of aryl methyl sites for hydroxylation is 1. The first-order valence-corrected chi connectivity index (χ1v) is 12.7. The van der Waals surface area contributed by atoms with Gasteiger partial charge in [-0.2, -0.15) is 0 Å². The summed E-state index contributed by atoms with van der Waals surface area (Å²) in [5, 5.41) is 5.89. The molecule has 1 atom stereocenters. The van der Waals surface area contributed by atoms with Crippen molar-refractivity contribution in [2.45, 2.75) is 36.6 Å². The van der Waals surface area contributed by atoms with Crippen molar-refractivity contribution < 1.29 is 18.0 Å². The van der Waals surface area contributed by atoms with Crippen LogP contribution in [0.4, 0.5) is 5.69 Å². The lowest BCUT2D eigenvalue weighted by atomic mass is 9.77. The number of hydrogen-bond acceptors (Lipinski definition) is 4. The largest absolute Gasteiger partial charge is 0.337 e. The number of benzene rings is 3. The third kappa shape index (κ3) is 5.03. The molecule has 0 bridgehead atoms. The van der Waals surface area contributed by atoms with Crippen LogP contribution in [-0.2, 0) is 27.7 Å². The van der Waals surface area contributed by atoms with E-state index < -0.39 is 15.6 Å². The lowest BCUT2D eigenvalue weighted by Gasteiger charge is -2.37. The number of carbonyl (C=O) groups excluding carboxylic acids is 2. The Kier molecular flexibility index (Phi) is 6.81. The van der Waals surface area contributed by atoms with Crippen molar-refractivity contribution in [3.8, 4) is 0 Å². The van der Waals surface area contributed by atoms with E-state index in [1.165, 1.54) is 12.1 Å². The van der Waals surface area contributed by atoms with Gasteiger partial charge in [0.15, 0.2) is 0 Å². The highest BCUT2D eigenvalue weighted by Gasteiger charge is 2.42. The van der Waals surface area contributed by atoms with Crippen LogP contribution in [0.5, 0.6) is 0 Å². The molecule has 1 aliphatic rings. The summed E-state index contributed by atoms with van der Waals surface area (Å²) in [5.74, 6) is -0.657. The van der Waals surface area contributed by atoms with Gasteiger partial charge in [0, 0.05) is 24.2 Å². The van der Waals surface area contributed by atoms with Crippen molar-refractivity contribution in [1.29, 1.82) is 0 Å². The topological polar surface area (TPSA) is 104 Å². The van der Waals surface area contributed by atoms with E-state index in [0.29, 0.717) is 30.5 Å². The van der Waals surface area contributed by atoms with Gasteiger partial charge in [-0.3, -0.25) is 9.59 Å². The second kappa shape index (κ2) is 9.79. The number of carbonyl (C=O) groups is 2. The average molecular weight is 478 g/mol. The van der Waals surface area contributed by atoms with Crippen molar-refractivity contribution >= 4 is 27.5 Å². The maximum Gasteiger partial charge on any atom is 0.252 e. The normalized spacial score (nSPS) is 17.4. The molecule has 0 saturated heterocycles. The van der Waals surface area contributed by atoms with Gasteiger partial charge in [-0.05, 0) is 60.4 Å². The van der Waals surface area contributed by atoms with Gasteiger partial charge >= 0.3 is 0 Å². The van der Waals surface area contributed by atoms with Crippen molar-refractivity contribution in [3.63, 3.8) is 0 Å². The Morgan fingerprint density at radius 3 is 2.21 bits per heavy atom. The molecule has 0 heterocycles. The average Bonchev–Trinajstić information content (AvgIpc) is 2.84. The zero-order valence-electron chi connectivity index (χ0n) is 18.9. The highest BCUT2D eigenvalue weighted by molar-refractivity contribution is 7.89. The number of rotatable bonds is 7. The molecule has 176 valence electrons. The summed E-state index contributed by atoms with van der Waals surface area (Å²) in [6.45, 7) is 1.99. The summed E-state index contributed by atoms with van der Waals surface area (Å²) in [4.78, 5) is 26.7. The number of nitrogens with one attached hydrogen (secondary N) is 3. The minimum atomic E-state index is -3.59. The molecule has 3 aromatic carbocycles. The van der Waals surface area contributed by atoms with Gasteiger partial charge in [-0.1, -0.05) is 49.4 Å². The minimum Gasteiger partial charge on any atom is -0.337 e. The summed E-state index contributed by atoms with van der Waals surface area (Å²) < 4.78 is 26.8. The Morgan fingerprint density at radius 1 is 0.882 bits per heavy atom. The minimum absolute atomic E-state index is 0.117. The molecule has 0 saturated carbocycles. The summed E-state index contributed by atoms with van der Waals surface area (Å²) in [6.07, 6.45) is 1.46. The van der Waals surface area contributed by atoms with E-state index in [9.17, 15) is 18.0 Å². The van der Waals surface area contributed by atoms with Gasteiger partial charge in [0.1, 0.15) is 5.54 Å². The Balaban J connectivity index is 1.60. The molecule has 8 heteroatoms. The predicted molar refractivity (Wildman–Crippen MR) is 131 cm³/mol. The number of hydrogen-bond donors (Lipinski definition) is 3. The SMILES string of the molecule is CCNS(=O)(=O)c1ccc(NC(=O)C2(NC(=O)c3ccccc3)CCc3ccccc3C2)cc1. The Morgan fingerprint density at radius 2 is 1.53 bits per heavy atom. The van der Waals surface area contributed by atoms with Crippen molar-refractivity contribution in [1.82, 2.24) is 10.0 Å². The molecular weight excluding hydrogens is 450 g/mol. The smallest absolute Gasteiger partial charge is 0.252 e. The molecule has 4 rings (SSSR count). The zero-order chi connectivity index (χ0) is 24.2. The molecule has 2 amide bonds. The summed E-state index contributed by atoms with van der Waals surface area (Å²) in [5.41, 5.74) is 1.97. The molecule has 0 radical (unpaired) electrons. The molecule has 3 aromatic rings. The van der Waals surface area contributed by atoms with Crippen molar-refractivity contribution in [3.05, 3.63) is 95.6 Å². The number of sulfonamides is 1. The van der Waals surface area contributed by atoms with Gasteiger partial charge < -0.3 is 10.6 Å². The zero-order valence-corrected chi connectivity index (χ0v) is 19.7. The second-order valence-corrected chi connectivity index (χ2v) is 10.1. The fraction of sp³-hybridized carbons (Fsp3) is 0.231. The molecule has 34 heavy (non-hydrogen) atoms. The number of anilines is 1. The van der Waals surface area contributed by atoms with Crippen molar-refractivity contribution in [2.75, 3.05) is 11.9 Å². The van der Waals surface area contributed by atoms with Crippen molar-refractivity contribution in [2.24, 2.45) is 0 Å². The Hall–Kier alpha value is -3.49. The van der Waals surface area contributed by atoms with E-state index in [-0.39, 0.29) is 23.3 Å². The molecule has 3 N–H and O–H groups in total. The van der Waals surface area contributed by atoms with E-state index >= 15 is 0 Å². The monoisotopic (exact) mass is 477 g/mol. The van der Waals surface area contributed by atoms with E-state index in [1.54, 1.807) is 43.3 Å². The van der Waals surface area contributed by atoms with Crippen LogP contribution in [0.1, 0.15) is 34.8 Å². The first-order valence-electron chi connectivity index (χ1n) is 11.2. The summed E-state index contributed by atoms with van der Waals surface area (Å²) in [6, 6.07) is 22.7. The molecule has 7 nitrogen and oxygen atoms in total. The number of fused-ring (bicyclic) bond motifs is 1. The first-order chi connectivity index (χ1) is 16.3. The van der Waals surface area contributed by atoms with Crippen LogP contribution < -0.4 is 15.4 Å². The highest BCUT2D eigenvalue weighted by Crippen LogP contribution is 2.30. The van der Waals surface area contributed by atoms with Crippen LogP contribution in [0.25, 0.3) is 0 Å². The standard InChI is InChI=1S/C26H27N3O4S/c1-2-27-34(32,33)23-14-12-22(13-15-23)28-25(31)26(29-24(30)20-9-4-3-5-10-20)17-16-19-8-6-7-11-21(19)18-26/h3-15,27H,2,16-18H2,1H3,(H,28,31)(H,29,30). The fourth-order valence-electron chi connectivity index (χ4n) is 4.21. The predicted octanol–water partition coefficient (Wildman–Crippen LogP) is 3.28. The summed E-state index contributed by atoms with van der Waals surface area (Å²) in [7, 11) is -3.59. The van der Waals surface area contributed by atoms with Crippen LogP contribution in [0.15, 0.2) is 83.8 Å². The van der Waals surface area contributed by atoms with Crippen LogP contribution in [0.2, 0.25) is 0 Å². The third-order valence-electron chi connectivity index (χ3n) is 6.01. The number of amides is 2. The maximum atomic E-state index is 13.6. The van der Waals surface area contributed by atoms with E-state index in [4.69, 9.17) is 0 Å². The molecular formula is C26H27N3O4S. The quantitative estimate of drug-likeness (QED) is 0.486. The Bertz CT molecular complexity index is 1290. The van der Waals surface area contributed by atoms with Crippen LogP contribution >= 0.6 is 0 Å². The molecule has 1 aliphatic carbocycles. The van der Waals surface area contributed by atoms with Gasteiger partial charge in [0.05, 0.1) is 4.90 Å². The first kappa shape index (κ1) is 23.7. The highest BCUT2D eigenvalue weighted by atomic mass is 32.2. The molecule has 0 fully saturated rings. The molecule has 1 unspecified atom stereocenters. The van der Waals surface area contributed by atoms with Gasteiger partial charge in [-0.25, -0.2) is 13.1 Å². The summed E-state index contributed by atoms with van der Waals surface area (Å²) >= 11 is 0. The molecule has 0 aliphatic heterocycles. The third-order valence-corrected chi connectivity index (χ3v) is 7.57. The molecule has 0 spiro atoms. The van der Waals surface area contributed by atoms with Gasteiger partial charge in [0.25, 0.3) is 5.91 Å². The van der Waals surface area contributed by atoms with Crippen LogP contribution in [-0.4, -0.2) is 32.3 Å². The second-order valence-electron chi connectivity index (χ2n) is 8.33. The molecule has 0 aromatic heterocycles. The van der Waals surface area contributed by atoms with Crippen LogP contribution in [0, 0.1) is 0 Å². The van der Waals surface area contributed by atoms with Gasteiger partial charge in [0.2, 0.25) is 15.9 Å². The lowest BCUT2D eigenvalue weighted by Crippen LogP contribution is -2.59. The lowest BCUT2D eigenvalue weighted by molar-refractivity contribution is -0.122.